The Hall–Kier alpha value is -1.96. The fourth-order valence-corrected chi connectivity index (χ4v) is 1.41. The summed E-state index contributed by atoms with van der Waals surface area (Å²) in [4.78, 5) is 22.4. The molecule has 0 aliphatic carbocycles. The predicted octanol–water partition coefficient (Wildman–Crippen LogP) is 1.43. The molecule has 8 heteroatoms. The van der Waals surface area contributed by atoms with Gasteiger partial charge in [-0.1, -0.05) is 0 Å². The number of hydrogen-bond acceptors (Lipinski definition) is 4. The summed E-state index contributed by atoms with van der Waals surface area (Å²) in [6.07, 6.45) is 0. The summed E-state index contributed by atoms with van der Waals surface area (Å²) in [5.74, 6) is -10.6. The molecule has 104 valence electrons. The van der Waals surface area contributed by atoms with Crippen molar-refractivity contribution < 1.29 is 31.9 Å². The Morgan fingerprint density at radius 3 is 1.79 bits per heavy atom. The van der Waals surface area contributed by atoms with E-state index in [-0.39, 0.29) is 0 Å². The molecule has 19 heavy (non-hydrogen) atoms. The molecule has 4 nitrogen and oxygen atoms in total. The molecule has 0 radical (unpaired) electrons. The first-order chi connectivity index (χ1) is 8.86. The second-order valence-electron chi connectivity index (χ2n) is 3.45. The Balaban J connectivity index is 3.56. The van der Waals surface area contributed by atoms with Crippen LogP contribution in [0.3, 0.4) is 0 Å². The van der Waals surface area contributed by atoms with Gasteiger partial charge in [-0.3, -0.25) is 4.79 Å². The highest BCUT2D eigenvalue weighted by molar-refractivity contribution is 5.99. The molecule has 0 aliphatic heterocycles. The summed E-state index contributed by atoms with van der Waals surface area (Å²) in [7, 11) is 2.10. The van der Waals surface area contributed by atoms with Gasteiger partial charge in [0.05, 0.1) is 19.2 Å². The molecular formula is C11H9F4NO3. The maximum Gasteiger partial charge on any atom is 0.344 e. The largest absolute Gasteiger partial charge is 0.465 e. The fraction of sp³-hybridized carbons (Fsp3) is 0.273. The molecule has 1 rings (SSSR count). The molecule has 1 aromatic rings. The van der Waals surface area contributed by atoms with Crippen LogP contribution in [-0.4, -0.2) is 32.5 Å². The van der Waals surface area contributed by atoms with Crippen LogP contribution in [0, 0.1) is 23.3 Å². The van der Waals surface area contributed by atoms with Crippen molar-refractivity contribution in [2.45, 2.75) is 0 Å². The molecule has 0 spiro atoms. The van der Waals surface area contributed by atoms with Gasteiger partial charge in [-0.2, -0.15) is 0 Å². The third-order valence-electron chi connectivity index (χ3n) is 2.27. The average molecular weight is 279 g/mol. The van der Waals surface area contributed by atoms with Gasteiger partial charge >= 0.3 is 5.97 Å². The van der Waals surface area contributed by atoms with Crippen molar-refractivity contribution in [1.82, 2.24) is 5.32 Å². The van der Waals surface area contributed by atoms with Crippen molar-refractivity contribution in [1.29, 1.82) is 0 Å². The molecule has 0 bridgehead atoms. The third-order valence-corrected chi connectivity index (χ3v) is 2.27. The monoisotopic (exact) mass is 279 g/mol. The van der Waals surface area contributed by atoms with Gasteiger partial charge in [-0.05, 0) is 7.05 Å². The standard InChI is InChI=1S/C11H9F4NO3/c1-16-3-4(17)5-7(12)9(14)6(11(18)19-2)10(15)8(5)13/h16H,3H2,1-2H3. The van der Waals surface area contributed by atoms with E-state index in [0.717, 1.165) is 7.11 Å². The first kappa shape index (κ1) is 15.1. The van der Waals surface area contributed by atoms with Crippen LogP contribution in [0.5, 0.6) is 0 Å². The molecular weight excluding hydrogens is 270 g/mol. The lowest BCUT2D eigenvalue weighted by atomic mass is 10.0. The number of ketones is 1. The van der Waals surface area contributed by atoms with Crippen LogP contribution in [0.25, 0.3) is 0 Å². The summed E-state index contributed by atoms with van der Waals surface area (Å²) in [6, 6.07) is 0. The molecule has 1 aromatic carbocycles. The van der Waals surface area contributed by atoms with Gasteiger partial charge in [0, 0.05) is 0 Å². The van der Waals surface area contributed by atoms with E-state index in [1.54, 1.807) is 0 Å². The molecule has 1 N–H and O–H groups in total. The zero-order valence-corrected chi connectivity index (χ0v) is 9.94. The van der Waals surface area contributed by atoms with Crippen LogP contribution in [-0.2, 0) is 4.74 Å². The Labute approximate surface area is 105 Å². The smallest absolute Gasteiger partial charge is 0.344 e. The summed E-state index contributed by atoms with van der Waals surface area (Å²) < 4.78 is 58.0. The number of esters is 1. The number of halogens is 4. The molecule has 0 unspecified atom stereocenters. The molecule has 0 amide bonds. The van der Waals surface area contributed by atoms with Crippen LogP contribution in [0.2, 0.25) is 0 Å². The summed E-state index contributed by atoms with van der Waals surface area (Å²) in [5.41, 5.74) is -2.89. The second-order valence-corrected chi connectivity index (χ2v) is 3.45. The Bertz CT molecular complexity index is 516. The first-order valence-corrected chi connectivity index (χ1v) is 4.98. The number of benzene rings is 1. The van der Waals surface area contributed by atoms with E-state index in [0.29, 0.717) is 0 Å². The minimum Gasteiger partial charge on any atom is -0.465 e. The van der Waals surface area contributed by atoms with E-state index >= 15 is 0 Å². The molecule has 0 saturated heterocycles. The second kappa shape index (κ2) is 5.79. The number of ether oxygens (including phenoxy) is 1. The summed E-state index contributed by atoms with van der Waals surface area (Å²) in [5, 5.41) is 2.29. The summed E-state index contributed by atoms with van der Waals surface area (Å²) >= 11 is 0. The zero-order chi connectivity index (χ0) is 14.7. The number of rotatable bonds is 4. The maximum atomic E-state index is 13.5. The van der Waals surface area contributed by atoms with Crippen LogP contribution < -0.4 is 5.32 Å². The van der Waals surface area contributed by atoms with E-state index in [4.69, 9.17) is 0 Å². The van der Waals surface area contributed by atoms with E-state index in [1.807, 2.05) is 0 Å². The van der Waals surface area contributed by atoms with Crippen molar-refractivity contribution in [2.75, 3.05) is 20.7 Å². The van der Waals surface area contributed by atoms with Crippen LogP contribution >= 0.6 is 0 Å². The number of nitrogens with one attached hydrogen (secondary N) is 1. The third kappa shape index (κ3) is 2.58. The van der Waals surface area contributed by atoms with Gasteiger partial charge < -0.3 is 10.1 Å². The van der Waals surface area contributed by atoms with Gasteiger partial charge in [0.25, 0.3) is 0 Å². The summed E-state index contributed by atoms with van der Waals surface area (Å²) in [6.45, 7) is -0.524. The molecule has 0 saturated carbocycles. The predicted molar refractivity (Wildman–Crippen MR) is 55.9 cm³/mol. The maximum absolute atomic E-state index is 13.5. The minimum absolute atomic E-state index is 0.524. The van der Waals surface area contributed by atoms with E-state index in [1.165, 1.54) is 7.05 Å². The van der Waals surface area contributed by atoms with Crippen molar-refractivity contribution in [3.05, 3.63) is 34.4 Å². The normalized spacial score (nSPS) is 10.4. The van der Waals surface area contributed by atoms with E-state index in [2.05, 4.69) is 10.1 Å². The van der Waals surface area contributed by atoms with E-state index < -0.39 is 52.7 Å². The number of Topliss-reactive ketones (excluding diaryl/α,β-unsaturated/α-hetero) is 1. The number of carbonyl (C=O) groups excluding carboxylic acids is 2. The van der Waals surface area contributed by atoms with Crippen molar-refractivity contribution in [3.63, 3.8) is 0 Å². The highest BCUT2D eigenvalue weighted by atomic mass is 19.2. The van der Waals surface area contributed by atoms with E-state index in [9.17, 15) is 27.2 Å². The minimum atomic E-state index is -1.97. The lowest BCUT2D eigenvalue weighted by molar-refractivity contribution is 0.0586. The lowest BCUT2D eigenvalue weighted by Crippen LogP contribution is -2.24. The molecule has 0 fully saturated rings. The average Bonchev–Trinajstić information content (AvgIpc) is 2.37. The van der Waals surface area contributed by atoms with Crippen LogP contribution in [0.1, 0.15) is 20.7 Å². The highest BCUT2D eigenvalue weighted by Crippen LogP contribution is 2.25. The van der Waals surface area contributed by atoms with Gasteiger partial charge in [0.1, 0.15) is 5.56 Å². The quantitative estimate of drug-likeness (QED) is 0.392. The molecule has 0 aliphatic rings. The first-order valence-electron chi connectivity index (χ1n) is 4.98. The van der Waals surface area contributed by atoms with Gasteiger partial charge in [0.2, 0.25) is 0 Å². The molecule has 0 heterocycles. The topological polar surface area (TPSA) is 55.4 Å². The Kier molecular flexibility index (Phi) is 4.60. The van der Waals surface area contributed by atoms with Crippen molar-refractivity contribution >= 4 is 11.8 Å². The van der Waals surface area contributed by atoms with Crippen molar-refractivity contribution in [2.24, 2.45) is 0 Å². The Morgan fingerprint density at radius 2 is 1.42 bits per heavy atom. The SMILES string of the molecule is CNCC(=O)c1c(F)c(F)c(C(=O)OC)c(F)c1F. The van der Waals surface area contributed by atoms with Crippen molar-refractivity contribution in [3.8, 4) is 0 Å². The lowest BCUT2D eigenvalue weighted by Gasteiger charge is -2.09. The van der Waals surface area contributed by atoms with Gasteiger partial charge in [-0.25, -0.2) is 22.4 Å². The number of hydrogen-bond donors (Lipinski definition) is 1. The number of methoxy groups -OCH3 is 1. The number of likely N-dealkylation sites (N-methyl/N-ethyl adjacent to an activating group) is 1. The van der Waals surface area contributed by atoms with Gasteiger partial charge in [-0.15, -0.1) is 0 Å². The Morgan fingerprint density at radius 1 is 1.00 bits per heavy atom. The zero-order valence-electron chi connectivity index (χ0n) is 9.94. The molecule has 0 aromatic heterocycles. The van der Waals surface area contributed by atoms with Crippen LogP contribution in [0.15, 0.2) is 0 Å². The number of carbonyl (C=O) groups is 2. The highest BCUT2D eigenvalue weighted by Gasteiger charge is 2.32. The van der Waals surface area contributed by atoms with Crippen LogP contribution in [0.4, 0.5) is 17.6 Å². The van der Waals surface area contributed by atoms with Gasteiger partial charge in [0.15, 0.2) is 29.1 Å². The fourth-order valence-electron chi connectivity index (χ4n) is 1.41. The molecule has 0 atom stereocenters.